The molecule has 1 amide bonds. The zero-order valence-corrected chi connectivity index (χ0v) is 16.9. The molecule has 5 heteroatoms. The third kappa shape index (κ3) is 4.15. The van der Waals surface area contributed by atoms with Gasteiger partial charge in [0.2, 0.25) is 0 Å². The summed E-state index contributed by atoms with van der Waals surface area (Å²) in [4.78, 5) is 13.0. The summed E-state index contributed by atoms with van der Waals surface area (Å²) in [5, 5.41) is 2.99. The van der Waals surface area contributed by atoms with Gasteiger partial charge < -0.3 is 5.32 Å². The van der Waals surface area contributed by atoms with E-state index in [1.54, 1.807) is 25.1 Å². The number of rotatable bonds is 6. The van der Waals surface area contributed by atoms with Gasteiger partial charge in [-0.15, -0.1) is 0 Å². The number of anilines is 1. The van der Waals surface area contributed by atoms with Crippen molar-refractivity contribution in [3.63, 3.8) is 0 Å². The van der Waals surface area contributed by atoms with Crippen LogP contribution >= 0.6 is 0 Å². The number of carbonyl (C=O) groups excluding carboxylic acids is 1. The lowest BCUT2D eigenvalue weighted by Crippen LogP contribution is -2.19. The van der Waals surface area contributed by atoms with Crippen LogP contribution in [0.5, 0.6) is 0 Å². The largest absolute Gasteiger partial charge is 0.321 e. The van der Waals surface area contributed by atoms with Crippen molar-refractivity contribution in [3.8, 4) is 0 Å². The van der Waals surface area contributed by atoms with Gasteiger partial charge in [-0.1, -0.05) is 65.0 Å². The summed E-state index contributed by atoms with van der Waals surface area (Å²) in [5.74, 6) is 0.0294. The van der Waals surface area contributed by atoms with Crippen molar-refractivity contribution in [1.29, 1.82) is 0 Å². The van der Waals surface area contributed by atoms with E-state index in [4.69, 9.17) is 0 Å². The molecule has 2 aromatic carbocycles. The minimum absolute atomic E-state index is 0.0445. The zero-order valence-electron chi connectivity index (χ0n) is 16.0. The third-order valence-corrected chi connectivity index (χ3v) is 6.24. The Hall–Kier alpha value is -2.14. The van der Waals surface area contributed by atoms with E-state index in [2.05, 4.69) is 33.0 Å². The predicted molar refractivity (Wildman–Crippen MR) is 107 cm³/mol. The molecule has 4 nitrogen and oxygen atoms in total. The maximum atomic E-state index is 13.0. The van der Waals surface area contributed by atoms with Gasteiger partial charge in [-0.05, 0) is 35.1 Å². The first kappa shape index (κ1) is 20.2. The molecule has 0 radical (unpaired) electrons. The first-order chi connectivity index (χ1) is 12.2. The van der Waals surface area contributed by atoms with Crippen molar-refractivity contribution in [3.05, 3.63) is 59.2 Å². The smallest absolute Gasteiger partial charge is 0.257 e. The molecule has 2 aromatic rings. The Labute approximate surface area is 156 Å². The summed E-state index contributed by atoms with van der Waals surface area (Å²) in [6.45, 7) is 9.87. The summed E-state index contributed by atoms with van der Waals surface area (Å²) in [7, 11) is -3.48. The van der Waals surface area contributed by atoms with Gasteiger partial charge in [-0.2, -0.15) is 0 Å². The van der Waals surface area contributed by atoms with Gasteiger partial charge in [0.25, 0.3) is 5.91 Å². The Bertz CT molecular complexity index is 873. The van der Waals surface area contributed by atoms with Crippen molar-refractivity contribution in [2.45, 2.75) is 51.3 Å². The number of hydrogen-bond acceptors (Lipinski definition) is 3. The average molecular weight is 374 g/mol. The lowest BCUT2D eigenvalue weighted by molar-refractivity contribution is 0.102. The molecular weight excluding hydrogens is 346 g/mol. The number of benzene rings is 2. The lowest BCUT2D eigenvalue weighted by atomic mass is 9.92. The quantitative estimate of drug-likeness (QED) is 0.777. The van der Waals surface area contributed by atoms with Gasteiger partial charge in [0.1, 0.15) is 0 Å². The molecule has 0 aliphatic heterocycles. The van der Waals surface area contributed by atoms with E-state index >= 15 is 0 Å². The van der Waals surface area contributed by atoms with Crippen molar-refractivity contribution in [2.24, 2.45) is 0 Å². The van der Waals surface area contributed by atoms with Gasteiger partial charge in [0.15, 0.2) is 9.84 Å². The van der Waals surface area contributed by atoms with E-state index in [1.807, 2.05) is 18.2 Å². The summed E-state index contributed by atoms with van der Waals surface area (Å²) in [5.41, 5.74) is 3.05. The highest BCUT2D eigenvalue weighted by molar-refractivity contribution is 7.91. The van der Waals surface area contributed by atoms with E-state index in [0.717, 1.165) is 16.8 Å². The number of para-hydroxylation sites is 1. The molecule has 26 heavy (non-hydrogen) atoms. The average Bonchev–Trinajstić information content (AvgIpc) is 2.61. The van der Waals surface area contributed by atoms with Gasteiger partial charge >= 0.3 is 0 Å². The maximum Gasteiger partial charge on any atom is 0.257 e. The molecule has 0 fully saturated rings. The van der Waals surface area contributed by atoms with Crippen LogP contribution in [-0.4, -0.2) is 20.1 Å². The van der Waals surface area contributed by atoms with Crippen LogP contribution in [0.1, 0.15) is 67.9 Å². The fourth-order valence-electron chi connectivity index (χ4n) is 2.96. The van der Waals surface area contributed by atoms with E-state index in [9.17, 15) is 13.2 Å². The Morgan fingerprint density at radius 2 is 1.46 bits per heavy atom. The molecule has 2 rings (SSSR count). The van der Waals surface area contributed by atoms with Crippen LogP contribution in [0.3, 0.4) is 0 Å². The molecule has 0 aliphatic rings. The first-order valence-electron chi connectivity index (χ1n) is 8.95. The van der Waals surface area contributed by atoms with Crippen LogP contribution in [0.25, 0.3) is 0 Å². The normalized spacial score (nSPS) is 11.8. The number of nitrogens with one attached hydrogen (secondary N) is 1. The molecule has 0 heterocycles. The van der Waals surface area contributed by atoms with Crippen LogP contribution in [-0.2, 0) is 9.84 Å². The van der Waals surface area contributed by atoms with Crippen LogP contribution < -0.4 is 5.32 Å². The molecule has 0 atom stereocenters. The number of carbonyl (C=O) groups is 1. The Morgan fingerprint density at radius 1 is 0.923 bits per heavy atom. The molecule has 0 saturated carbocycles. The number of amides is 1. The van der Waals surface area contributed by atoms with Crippen LogP contribution in [0.15, 0.2) is 47.4 Å². The molecule has 1 N–H and O–H groups in total. The van der Waals surface area contributed by atoms with Gasteiger partial charge in [0.05, 0.1) is 16.2 Å². The Kier molecular flexibility index (Phi) is 6.24. The number of hydrogen-bond donors (Lipinski definition) is 1. The SMILES string of the molecule is CCS(=O)(=O)c1ccccc1C(=O)Nc1c(C(C)C)cccc1C(C)C. The third-order valence-electron chi connectivity index (χ3n) is 4.46. The summed E-state index contributed by atoms with van der Waals surface area (Å²) in [6, 6.07) is 12.4. The lowest BCUT2D eigenvalue weighted by Gasteiger charge is -2.20. The minimum atomic E-state index is -3.48. The van der Waals surface area contributed by atoms with E-state index in [-0.39, 0.29) is 28.0 Å². The van der Waals surface area contributed by atoms with Crippen molar-refractivity contribution in [1.82, 2.24) is 0 Å². The predicted octanol–water partition coefficient (Wildman–Crippen LogP) is 4.98. The fraction of sp³-hybridized carbons (Fsp3) is 0.381. The highest BCUT2D eigenvalue weighted by Crippen LogP contribution is 2.33. The molecular formula is C21H27NO3S. The van der Waals surface area contributed by atoms with Gasteiger partial charge in [-0.3, -0.25) is 4.79 Å². The molecule has 0 spiro atoms. The highest BCUT2D eigenvalue weighted by Gasteiger charge is 2.22. The molecule has 0 aliphatic carbocycles. The van der Waals surface area contributed by atoms with Gasteiger partial charge in [0, 0.05) is 5.69 Å². The molecule has 0 bridgehead atoms. The summed E-state index contributed by atoms with van der Waals surface area (Å²) >= 11 is 0. The van der Waals surface area contributed by atoms with Crippen LogP contribution in [0.2, 0.25) is 0 Å². The van der Waals surface area contributed by atoms with E-state index < -0.39 is 15.7 Å². The standard InChI is InChI=1S/C21H27NO3S/c1-6-26(24,25)19-13-8-7-10-18(19)21(23)22-20-16(14(2)3)11-9-12-17(20)15(4)5/h7-15H,6H2,1-5H3,(H,22,23). The zero-order chi connectivity index (χ0) is 19.5. The van der Waals surface area contributed by atoms with Crippen molar-refractivity contribution >= 4 is 21.4 Å². The second-order valence-electron chi connectivity index (χ2n) is 6.97. The topological polar surface area (TPSA) is 63.2 Å². The molecule has 0 unspecified atom stereocenters. The Balaban J connectivity index is 2.53. The van der Waals surface area contributed by atoms with Crippen molar-refractivity contribution < 1.29 is 13.2 Å². The highest BCUT2D eigenvalue weighted by atomic mass is 32.2. The monoisotopic (exact) mass is 373 g/mol. The second kappa shape index (κ2) is 8.04. The molecule has 140 valence electrons. The number of sulfone groups is 1. The first-order valence-corrected chi connectivity index (χ1v) is 10.6. The minimum Gasteiger partial charge on any atom is -0.321 e. The van der Waals surface area contributed by atoms with Crippen molar-refractivity contribution in [2.75, 3.05) is 11.1 Å². The maximum absolute atomic E-state index is 13.0. The second-order valence-corrected chi connectivity index (χ2v) is 9.22. The van der Waals surface area contributed by atoms with E-state index in [0.29, 0.717) is 0 Å². The van der Waals surface area contributed by atoms with Gasteiger partial charge in [-0.25, -0.2) is 8.42 Å². The summed E-state index contributed by atoms with van der Waals surface area (Å²) < 4.78 is 24.7. The summed E-state index contributed by atoms with van der Waals surface area (Å²) in [6.07, 6.45) is 0. The Morgan fingerprint density at radius 3 is 1.96 bits per heavy atom. The fourth-order valence-corrected chi connectivity index (χ4v) is 4.05. The van der Waals surface area contributed by atoms with Crippen LogP contribution in [0.4, 0.5) is 5.69 Å². The van der Waals surface area contributed by atoms with E-state index in [1.165, 1.54) is 6.07 Å². The molecule has 0 aromatic heterocycles. The van der Waals surface area contributed by atoms with Crippen LogP contribution in [0, 0.1) is 0 Å². The molecule has 0 saturated heterocycles.